The minimum Gasteiger partial charge on any atom is -0.462 e. The number of phosphoric ester groups is 1. The van der Waals surface area contributed by atoms with Crippen molar-refractivity contribution in [2.24, 2.45) is 0 Å². The first-order chi connectivity index (χ1) is 37.0. The number of phosphoric acid groups is 1. The second kappa shape index (κ2) is 56.9. The maximum absolute atomic E-state index is 12.8. The molecule has 0 spiro atoms. The molecule has 0 fully saturated rings. The van der Waals surface area contributed by atoms with E-state index < -0.39 is 26.5 Å². The highest BCUT2D eigenvalue weighted by atomic mass is 31.2. The van der Waals surface area contributed by atoms with Gasteiger partial charge in [0.1, 0.15) is 19.8 Å². The molecule has 0 bridgehead atoms. The van der Waals surface area contributed by atoms with Crippen LogP contribution in [0.25, 0.3) is 0 Å². The van der Waals surface area contributed by atoms with Crippen LogP contribution >= 0.6 is 7.82 Å². The van der Waals surface area contributed by atoms with Gasteiger partial charge in [-0.2, -0.15) is 0 Å². The normalized spacial score (nSPS) is 13.8. The summed E-state index contributed by atoms with van der Waals surface area (Å²) < 4.78 is 34.6. The Hall–Kier alpha value is -2.81. The lowest BCUT2D eigenvalue weighted by Crippen LogP contribution is -2.37. The molecule has 76 heavy (non-hydrogen) atoms. The molecule has 0 amide bonds. The molecule has 9 nitrogen and oxygen atoms in total. The van der Waals surface area contributed by atoms with E-state index in [0.717, 1.165) is 77.0 Å². The largest absolute Gasteiger partial charge is 0.472 e. The summed E-state index contributed by atoms with van der Waals surface area (Å²) >= 11 is 0. The van der Waals surface area contributed by atoms with E-state index in [0.29, 0.717) is 23.9 Å². The second-order valence-corrected chi connectivity index (χ2v) is 23.5. The van der Waals surface area contributed by atoms with E-state index in [-0.39, 0.29) is 25.6 Å². The molecule has 0 aromatic carbocycles. The third kappa shape index (κ3) is 60.4. The Kier molecular flexibility index (Phi) is 54.8. The number of unbranched alkanes of at least 4 members (excludes halogenated alkanes) is 29. The Morgan fingerprint density at radius 3 is 1.12 bits per heavy atom. The number of nitrogens with zero attached hydrogens (tertiary/aromatic N) is 1. The first-order valence-corrected chi connectivity index (χ1v) is 32.8. The summed E-state index contributed by atoms with van der Waals surface area (Å²) in [7, 11) is 1.48. The van der Waals surface area contributed by atoms with Crippen LogP contribution in [0.15, 0.2) is 85.1 Å². The van der Waals surface area contributed by atoms with Crippen LogP contribution in [0.5, 0.6) is 0 Å². The van der Waals surface area contributed by atoms with Gasteiger partial charge in [-0.05, 0) is 70.6 Å². The van der Waals surface area contributed by atoms with Crippen molar-refractivity contribution >= 4 is 19.8 Å². The topological polar surface area (TPSA) is 108 Å². The zero-order valence-corrected chi connectivity index (χ0v) is 50.9. The van der Waals surface area contributed by atoms with Crippen molar-refractivity contribution in [1.82, 2.24) is 0 Å². The third-order valence-corrected chi connectivity index (χ3v) is 14.4. The Morgan fingerprint density at radius 1 is 0.421 bits per heavy atom. The first-order valence-electron chi connectivity index (χ1n) is 31.3. The number of carbonyl (C=O) groups is 2. The minimum absolute atomic E-state index is 0.0319. The number of quaternary nitrogens is 1. The van der Waals surface area contributed by atoms with Crippen molar-refractivity contribution in [3.8, 4) is 0 Å². The Bertz CT molecular complexity index is 1560. The monoisotopic (exact) mass is 1080 g/mol. The summed E-state index contributed by atoms with van der Waals surface area (Å²) in [6.45, 7) is 4.34. The average Bonchev–Trinajstić information content (AvgIpc) is 3.38. The van der Waals surface area contributed by atoms with Gasteiger partial charge in [0.05, 0.1) is 27.7 Å². The highest BCUT2D eigenvalue weighted by Gasteiger charge is 2.27. The summed E-state index contributed by atoms with van der Waals surface area (Å²) in [4.78, 5) is 35.6. The van der Waals surface area contributed by atoms with Crippen molar-refractivity contribution in [1.29, 1.82) is 0 Å². The van der Waals surface area contributed by atoms with Gasteiger partial charge in [-0.15, -0.1) is 0 Å². The standard InChI is InChI=1S/C66H118NO8P/c1-6-8-10-12-14-16-18-20-21-22-23-24-25-26-27-28-29-30-31-32-33-34-35-36-37-38-39-40-41-42-43-44-45-47-49-51-53-55-57-59-66(69)75-64(63-74-76(70,71)73-61-60-67(3,4)5)62-72-65(68)58-56-54-52-50-48-46-19-17-15-13-11-9-7-2/h8,10,14,16,20-21,23-24,26-27,29-30,32-33,64H,6-7,9,11-13,15,17-19,22,25,28,31,34-63H2,1-5H3/p+1/b10-8-,16-14-,21-20-,24-23-,27-26-,30-29-,33-32-. The fourth-order valence-corrected chi connectivity index (χ4v) is 9.39. The lowest BCUT2D eigenvalue weighted by atomic mass is 10.0. The highest BCUT2D eigenvalue weighted by Crippen LogP contribution is 2.43. The number of carbonyl (C=O) groups excluding carboxylic acids is 2. The molecule has 0 aliphatic rings. The second-order valence-electron chi connectivity index (χ2n) is 22.1. The number of ether oxygens (including phenoxy) is 2. The molecule has 10 heteroatoms. The third-order valence-electron chi connectivity index (χ3n) is 13.4. The highest BCUT2D eigenvalue weighted by molar-refractivity contribution is 7.47. The lowest BCUT2D eigenvalue weighted by molar-refractivity contribution is -0.870. The van der Waals surface area contributed by atoms with Gasteiger partial charge in [-0.1, -0.05) is 272 Å². The number of esters is 2. The van der Waals surface area contributed by atoms with Crippen molar-refractivity contribution in [2.45, 2.75) is 277 Å². The van der Waals surface area contributed by atoms with Crippen LogP contribution in [0.4, 0.5) is 0 Å². The number of allylic oxidation sites excluding steroid dienone is 14. The van der Waals surface area contributed by atoms with E-state index in [1.54, 1.807) is 0 Å². The molecule has 0 radical (unpaired) electrons. The number of rotatable bonds is 57. The molecule has 2 unspecified atom stereocenters. The lowest BCUT2D eigenvalue weighted by Gasteiger charge is -2.24. The quantitative estimate of drug-likeness (QED) is 0.0211. The maximum Gasteiger partial charge on any atom is 0.472 e. The Morgan fingerprint density at radius 2 is 0.750 bits per heavy atom. The zero-order chi connectivity index (χ0) is 55.6. The van der Waals surface area contributed by atoms with Gasteiger partial charge in [-0.25, -0.2) is 4.57 Å². The predicted molar refractivity (Wildman–Crippen MR) is 325 cm³/mol. The van der Waals surface area contributed by atoms with Gasteiger partial charge < -0.3 is 18.9 Å². The van der Waals surface area contributed by atoms with Gasteiger partial charge in [0, 0.05) is 12.8 Å². The van der Waals surface area contributed by atoms with E-state index in [2.05, 4.69) is 98.9 Å². The molecule has 440 valence electrons. The van der Waals surface area contributed by atoms with E-state index in [1.165, 1.54) is 161 Å². The van der Waals surface area contributed by atoms with E-state index >= 15 is 0 Å². The number of likely N-dealkylation sites (N-methyl/N-ethyl adjacent to an activating group) is 1. The van der Waals surface area contributed by atoms with Crippen molar-refractivity contribution in [3.63, 3.8) is 0 Å². The molecule has 0 aromatic rings. The average molecular weight is 1090 g/mol. The van der Waals surface area contributed by atoms with Crippen LogP contribution in [-0.4, -0.2) is 74.9 Å². The van der Waals surface area contributed by atoms with E-state index in [1.807, 2.05) is 21.1 Å². The molecular formula is C66H119NO8P+. The fourth-order valence-electron chi connectivity index (χ4n) is 8.64. The summed E-state index contributed by atoms with van der Waals surface area (Å²) in [5, 5.41) is 0. The van der Waals surface area contributed by atoms with Crippen molar-refractivity contribution in [2.75, 3.05) is 47.5 Å². The summed E-state index contributed by atoms with van der Waals surface area (Å²) in [5.41, 5.74) is 0. The van der Waals surface area contributed by atoms with E-state index in [9.17, 15) is 19.0 Å². The van der Waals surface area contributed by atoms with Crippen molar-refractivity contribution < 1.29 is 42.1 Å². The summed E-state index contributed by atoms with van der Waals surface area (Å²) in [5.74, 6) is -0.789. The molecule has 2 atom stereocenters. The molecule has 0 heterocycles. The number of hydrogen-bond donors (Lipinski definition) is 1. The van der Waals surface area contributed by atoms with Crippen LogP contribution in [-0.2, 0) is 32.7 Å². The van der Waals surface area contributed by atoms with Gasteiger partial charge in [0.2, 0.25) is 0 Å². The Balaban J connectivity index is 3.96. The van der Waals surface area contributed by atoms with Crippen LogP contribution in [0.3, 0.4) is 0 Å². The number of hydrogen-bond acceptors (Lipinski definition) is 7. The maximum atomic E-state index is 12.8. The van der Waals surface area contributed by atoms with Gasteiger partial charge >= 0.3 is 19.8 Å². The smallest absolute Gasteiger partial charge is 0.462 e. The Labute approximate surface area is 469 Å². The molecule has 0 rings (SSSR count). The summed E-state index contributed by atoms with van der Waals surface area (Å²) in [6.07, 6.45) is 76.8. The molecule has 0 saturated heterocycles. The van der Waals surface area contributed by atoms with Crippen LogP contribution < -0.4 is 0 Å². The molecule has 0 aromatic heterocycles. The fraction of sp³-hybridized carbons (Fsp3) is 0.758. The first kappa shape index (κ1) is 73.2. The molecule has 1 N–H and O–H groups in total. The van der Waals surface area contributed by atoms with E-state index in [4.69, 9.17) is 18.5 Å². The zero-order valence-electron chi connectivity index (χ0n) is 50.0. The van der Waals surface area contributed by atoms with Crippen LogP contribution in [0, 0.1) is 0 Å². The SMILES string of the molecule is CC/C=C\C/C=C\C/C=C\C/C=C\C/C=C\C/C=C\C/C=C\CCCCCCCCCCCCCCCCCCCC(=O)OC(COC(=O)CCCCCCCCCCCCCCC)COP(=O)(O)OCC[N+](C)(C)C. The van der Waals surface area contributed by atoms with Crippen LogP contribution in [0.1, 0.15) is 271 Å². The molecular weight excluding hydrogens is 966 g/mol. The van der Waals surface area contributed by atoms with Crippen LogP contribution in [0.2, 0.25) is 0 Å². The van der Waals surface area contributed by atoms with Crippen molar-refractivity contribution in [3.05, 3.63) is 85.1 Å². The van der Waals surface area contributed by atoms with Gasteiger partial charge in [0.15, 0.2) is 6.10 Å². The molecule has 0 saturated carbocycles. The van der Waals surface area contributed by atoms with Gasteiger partial charge in [0.25, 0.3) is 0 Å². The molecule has 0 aliphatic heterocycles. The predicted octanol–water partition coefficient (Wildman–Crippen LogP) is 19.8. The summed E-state index contributed by atoms with van der Waals surface area (Å²) in [6, 6.07) is 0. The minimum atomic E-state index is -4.38. The van der Waals surface area contributed by atoms with Gasteiger partial charge in [-0.3, -0.25) is 18.6 Å². The molecule has 0 aliphatic carbocycles.